The molecule has 20 rings (SSSR count). The number of hydrogen-bond acceptors (Lipinski definition) is 0. The van der Waals surface area contributed by atoms with E-state index in [1.54, 1.807) is 52.6 Å². The molecule has 1 atom stereocenters. The van der Waals surface area contributed by atoms with E-state index >= 15 is 0 Å². The van der Waals surface area contributed by atoms with Gasteiger partial charge in [-0.15, -0.1) is 0 Å². The summed E-state index contributed by atoms with van der Waals surface area (Å²) in [6, 6.07) is 76.7. The van der Waals surface area contributed by atoms with Crippen LogP contribution in [0.1, 0.15) is 213 Å². The Hall–Kier alpha value is -11.4. The molecule has 0 amide bonds. The third-order valence-corrected chi connectivity index (χ3v) is 25.6. The minimum Gasteiger partial charge on any atom is -0.201 e. The first-order valence-corrected chi connectivity index (χ1v) is 44.7. The molecule has 6 aliphatic rings. The van der Waals surface area contributed by atoms with Crippen LogP contribution >= 0.6 is 0 Å². The van der Waals surface area contributed by atoms with Gasteiger partial charge in [0, 0.05) is 145 Å². The Kier molecular flexibility index (Phi) is 24.1. The molecule has 7 nitrogen and oxygen atoms in total. The molecule has 0 aliphatic heterocycles. The third-order valence-electron chi connectivity index (χ3n) is 25.6. The molecule has 628 valence electrons. The van der Waals surface area contributed by atoms with Crippen molar-refractivity contribution in [3.05, 3.63) is 373 Å². The molecule has 6 aliphatic carbocycles. The second-order valence-corrected chi connectivity index (χ2v) is 34.4. The zero-order valence-corrected chi connectivity index (χ0v) is 75.4. The van der Waals surface area contributed by atoms with Gasteiger partial charge in [-0.25, -0.2) is 27.4 Å². The highest BCUT2D eigenvalue weighted by molar-refractivity contribution is 5.69. The molecular weight excluding hydrogens is 1490 g/mol. The van der Waals surface area contributed by atoms with E-state index in [0.29, 0.717) is 23.2 Å². The van der Waals surface area contributed by atoms with E-state index in [9.17, 15) is 0 Å². The summed E-state index contributed by atoms with van der Waals surface area (Å²) < 4.78 is 119. The first-order valence-electron chi connectivity index (χ1n) is 51.2. The van der Waals surface area contributed by atoms with Crippen molar-refractivity contribution in [1.82, 2.24) is 0 Å². The second-order valence-electron chi connectivity index (χ2n) is 34.4. The Morgan fingerprint density at radius 3 is 1.11 bits per heavy atom. The number of pyridine rings is 7. The Balaban J connectivity index is 0.000000127. The number of rotatable bonds is 8. The Morgan fingerprint density at radius 1 is 0.285 bits per heavy atom. The quantitative estimate of drug-likeness (QED) is 0.136. The summed E-state index contributed by atoms with van der Waals surface area (Å²) in [7, 11) is 14.2. The van der Waals surface area contributed by atoms with Gasteiger partial charge in [-0.1, -0.05) is 141 Å². The van der Waals surface area contributed by atoms with Crippen LogP contribution in [0, 0.1) is 48.4 Å². The van der Waals surface area contributed by atoms with E-state index < -0.39 is 38.7 Å². The molecule has 123 heavy (non-hydrogen) atoms. The van der Waals surface area contributed by atoms with Crippen molar-refractivity contribution in [2.45, 2.75) is 209 Å². The molecule has 1 unspecified atom stereocenters. The van der Waals surface area contributed by atoms with E-state index in [-0.39, 0.29) is 24.1 Å². The Labute approximate surface area is 756 Å². The average Bonchev–Trinajstić information content (AvgIpc) is 1.09. The number of hydrogen-bond donors (Lipinski definition) is 0. The lowest BCUT2D eigenvalue weighted by Crippen LogP contribution is -2.36. The normalized spacial score (nSPS) is 17.2. The molecule has 7 heteroatoms. The smallest absolute Gasteiger partial charge is 0.201 e. The molecule has 0 bridgehead atoms. The fourth-order valence-electron chi connectivity index (χ4n) is 18.8. The average molecular weight is 1640 g/mol. The van der Waals surface area contributed by atoms with Crippen molar-refractivity contribution in [2.75, 3.05) is 0 Å². The largest absolute Gasteiger partial charge is 0.216 e. The summed E-state index contributed by atoms with van der Waals surface area (Å²) in [5.41, 5.74) is 39.1. The molecule has 14 aromatic rings. The lowest BCUT2D eigenvalue weighted by Gasteiger charge is -2.17. The fourth-order valence-corrected chi connectivity index (χ4v) is 18.8. The van der Waals surface area contributed by atoms with Gasteiger partial charge in [0.1, 0.15) is 49.3 Å². The second kappa shape index (κ2) is 41.2. The van der Waals surface area contributed by atoms with Crippen LogP contribution in [-0.4, -0.2) is 0 Å². The van der Waals surface area contributed by atoms with Gasteiger partial charge >= 0.3 is 0 Å². The van der Waals surface area contributed by atoms with Crippen LogP contribution in [0.2, 0.25) is 0 Å². The van der Waals surface area contributed by atoms with Crippen LogP contribution in [0.3, 0.4) is 0 Å². The van der Waals surface area contributed by atoms with Crippen molar-refractivity contribution < 1.29 is 49.8 Å². The van der Waals surface area contributed by atoms with Gasteiger partial charge in [0.25, 0.3) is 0 Å². The Morgan fingerprint density at radius 2 is 0.618 bits per heavy atom. The summed E-state index contributed by atoms with van der Waals surface area (Å²) in [6.45, 7) is 8.65. The maximum absolute atomic E-state index is 8.43. The maximum Gasteiger partial charge on any atom is 0.216 e. The highest BCUT2D eigenvalue weighted by Gasteiger charge is 2.29. The van der Waals surface area contributed by atoms with Crippen LogP contribution in [-0.2, 0) is 126 Å². The summed E-state index contributed by atoms with van der Waals surface area (Å²) >= 11 is 0. The van der Waals surface area contributed by atoms with Crippen molar-refractivity contribution in [2.24, 2.45) is 49.3 Å². The van der Waals surface area contributed by atoms with Crippen molar-refractivity contribution >= 4 is 0 Å². The SMILES string of the molecule is C[n+]1ccc2c(c1-c1ccccc1)CCC2.Cc1ccccc1-c1c2c(cc[n+]1C)CCCC2.Cc1ccccc1-c1cc2c(c[n+]1C)CCC2.Cc1ccccc1-c1cc2c(c[n+]1C)CCCC2.[2H]C([2H])([2H])c1c(C([2H])(C)C([2H])([2H])[2H])ccc(-c2ccccc2C)[n+]1C.[2H]C1([2H])CCC([2H])([2H])c2c1cc[n+](C)c2-c1ccccc1C.[2H]C1([2H])CCCc2c[n+](C)c(-c3ccccc3C)cc21. The number of benzene rings is 7. The van der Waals surface area contributed by atoms with Gasteiger partial charge in [0.15, 0.2) is 42.9 Å². The predicted octanol–water partition coefficient (Wildman–Crippen LogP) is 23.0. The zero-order valence-electron chi connectivity index (χ0n) is 88.4. The molecule has 0 saturated heterocycles. The fraction of sp³-hybridized carbons (Fsp3) is 0.336. The molecule has 0 spiro atoms. The molecule has 7 aromatic heterocycles. The van der Waals surface area contributed by atoms with Crippen LogP contribution in [0.25, 0.3) is 78.8 Å². The highest BCUT2D eigenvalue weighted by atomic mass is 15.0. The van der Waals surface area contributed by atoms with E-state index in [0.717, 1.165) is 57.6 Å². The molecule has 7 heterocycles. The minimum absolute atomic E-state index is 0.00710. The molecular formula is C116H136N7+7. The third kappa shape index (κ3) is 20.8. The van der Waals surface area contributed by atoms with E-state index in [2.05, 4.69) is 255 Å². The van der Waals surface area contributed by atoms with Gasteiger partial charge in [0.05, 0.1) is 0 Å². The van der Waals surface area contributed by atoms with Crippen LogP contribution in [0.5, 0.6) is 0 Å². The summed E-state index contributed by atoms with van der Waals surface area (Å²) in [6.07, 6.45) is 29.7. The number of aryl methyl sites for hydroxylation is 21. The molecule has 0 saturated carbocycles. The lowest BCUT2D eigenvalue weighted by atomic mass is 9.88. The van der Waals surface area contributed by atoms with Crippen LogP contribution < -0.4 is 32.0 Å². The number of aromatic nitrogens is 7. The topological polar surface area (TPSA) is 27.2 Å². The van der Waals surface area contributed by atoms with Gasteiger partial charge < -0.3 is 0 Å². The van der Waals surface area contributed by atoms with Gasteiger partial charge in [-0.05, 0) is 310 Å². The van der Waals surface area contributed by atoms with E-state index in [4.69, 9.17) is 17.8 Å². The zero-order chi connectivity index (χ0) is 97.5. The molecule has 0 N–H and O–H groups in total. The van der Waals surface area contributed by atoms with Crippen LogP contribution in [0.15, 0.2) is 262 Å². The monoisotopic (exact) mass is 1640 g/mol. The van der Waals surface area contributed by atoms with Crippen molar-refractivity contribution in [1.29, 1.82) is 0 Å². The number of nitrogens with zero attached hydrogens (tertiary/aromatic N) is 7. The first-order chi connectivity index (χ1) is 64.6. The standard InChI is InChI=1S/4C17H20N.C17H22N.C16H18N.C15H16N/c2*1-13-7-3-6-10-16(13)17-11-14-8-4-5-9-15(14)12-18(17)2;2*1-13-7-3-5-9-15(13)17-16-10-6-4-8-14(16)11-12-18(17)2;1-12(2)15-10-11-17(18(5)14(15)4)16-9-7-6-8-13(16)3;1-12-6-3-4-9-15(12)16-10-13-7-5-8-14(13)11-17(16)2;1-16-11-10-12-8-5-9-14(12)15(16)13-6-3-2-4-7-13/h2*3,6-7,10-12H,4-5,8-9H2,1-2H3;2*3,5,7,9,11-12H,4,6,8,10H2,1-2H3;6-12H,1-5H3;3-4,6,9-11H,5,7-8H2,1-2H3;2-4,6-7,10-11H,5,8-9H2,1H3/q7*+1/i8D2;;8D2,10D2;;1D3,4D3,12D;;. The molecule has 7 aromatic carbocycles. The lowest BCUT2D eigenvalue weighted by molar-refractivity contribution is -0.667. The molecule has 0 radical (unpaired) electrons. The first kappa shape index (κ1) is 72.1. The summed E-state index contributed by atoms with van der Waals surface area (Å²) in [4.78, 5) is 0. The summed E-state index contributed by atoms with van der Waals surface area (Å²) in [5.74, 6) is -2.03. The van der Waals surface area contributed by atoms with E-state index in [1.165, 1.54) is 191 Å². The summed E-state index contributed by atoms with van der Waals surface area (Å²) in [5, 5.41) is 0. The van der Waals surface area contributed by atoms with Gasteiger partial charge in [0.2, 0.25) is 39.9 Å². The van der Waals surface area contributed by atoms with Gasteiger partial charge in [-0.3, -0.25) is 0 Å². The minimum atomic E-state index is -2.65. The highest BCUT2D eigenvalue weighted by Crippen LogP contribution is 2.36. The van der Waals surface area contributed by atoms with Crippen LogP contribution in [0.4, 0.5) is 0 Å². The van der Waals surface area contributed by atoms with Crippen molar-refractivity contribution in [3.63, 3.8) is 0 Å². The van der Waals surface area contributed by atoms with Gasteiger partial charge in [-0.2, -0.15) is 4.57 Å². The predicted molar refractivity (Wildman–Crippen MR) is 509 cm³/mol. The maximum atomic E-state index is 8.43. The van der Waals surface area contributed by atoms with E-state index in [1.807, 2.05) is 99.4 Å². The Bertz CT molecular complexity index is 6690. The van der Waals surface area contributed by atoms with Crippen molar-refractivity contribution in [3.8, 4) is 78.8 Å². The number of fused-ring (bicyclic) bond motifs is 6. The molecule has 0 fully saturated rings.